The Bertz CT molecular complexity index is 467. The smallest absolute Gasteiger partial charge is 0.407 e. The fourth-order valence-electron chi connectivity index (χ4n) is 2.29. The van der Waals surface area contributed by atoms with Crippen molar-refractivity contribution >= 4 is 27.7 Å². The lowest BCUT2D eigenvalue weighted by atomic mass is 10.1. The molecule has 0 radical (unpaired) electrons. The molecule has 1 aliphatic rings. The third kappa shape index (κ3) is 3.39. The van der Waals surface area contributed by atoms with Crippen LogP contribution in [-0.2, 0) is 11.3 Å². The van der Waals surface area contributed by atoms with Crippen LogP contribution < -0.4 is 10.2 Å². The van der Waals surface area contributed by atoms with Crippen molar-refractivity contribution in [1.29, 1.82) is 0 Å². The summed E-state index contributed by atoms with van der Waals surface area (Å²) in [6.07, 6.45) is 0.468. The van der Waals surface area contributed by atoms with Crippen molar-refractivity contribution in [3.63, 3.8) is 0 Å². The molecule has 5 nitrogen and oxygen atoms in total. The Kier molecular flexibility index (Phi) is 4.66. The van der Waals surface area contributed by atoms with E-state index in [4.69, 9.17) is 0 Å². The van der Waals surface area contributed by atoms with Gasteiger partial charge in [0.2, 0.25) is 0 Å². The molecular weight excluding hydrogens is 312 g/mol. The van der Waals surface area contributed by atoms with Crippen LogP contribution in [0.4, 0.5) is 10.5 Å². The number of ether oxygens (including phenoxy) is 1. The highest BCUT2D eigenvalue weighted by Crippen LogP contribution is 2.28. The third-order valence-corrected chi connectivity index (χ3v) is 3.75. The van der Waals surface area contributed by atoms with Gasteiger partial charge in [0.25, 0.3) is 0 Å². The molecule has 1 fully saturated rings. The second kappa shape index (κ2) is 6.25. The Hall–Kier alpha value is -1.27. The van der Waals surface area contributed by atoms with Gasteiger partial charge in [0.15, 0.2) is 0 Å². The van der Waals surface area contributed by atoms with Crippen molar-refractivity contribution in [3.8, 4) is 0 Å². The number of hydrogen-bond acceptors (Lipinski definition) is 4. The zero-order chi connectivity index (χ0) is 13.8. The van der Waals surface area contributed by atoms with Crippen LogP contribution in [0.1, 0.15) is 12.0 Å². The summed E-state index contributed by atoms with van der Waals surface area (Å²) in [6, 6.07) is 5.89. The average Bonchev–Trinajstić information content (AvgIpc) is 2.86. The van der Waals surface area contributed by atoms with Gasteiger partial charge in [-0.25, -0.2) is 4.79 Å². The Morgan fingerprint density at radius 3 is 3.11 bits per heavy atom. The van der Waals surface area contributed by atoms with E-state index >= 15 is 0 Å². The van der Waals surface area contributed by atoms with E-state index in [0.717, 1.165) is 35.2 Å². The first-order valence-electron chi connectivity index (χ1n) is 6.12. The lowest BCUT2D eigenvalue weighted by Crippen LogP contribution is -2.37. The van der Waals surface area contributed by atoms with Gasteiger partial charge in [0.1, 0.15) is 0 Å². The molecule has 104 valence electrons. The zero-order valence-electron chi connectivity index (χ0n) is 10.7. The van der Waals surface area contributed by atoms with Crippen LogP contribution in [0.25, 0.3) is 0 Å². The summed E-state index contributed by atoms with van der Waals surface area (Å²) in [5.41, 5.74) is 1.90. The molecule has 0 bridgehead atoms. The number of amides is 1. The third-order valence-electron chi connectivity index (χ3n) is 3.25. The Morgan fingerprint density at radius 2 is 2.42 bits per heavy atom. The molecule has 1 heterocycles. The van der Waals surface area contributed by atoms with Gasteiger partial charge >= 0.3 is 6.09 Å². The molecule has 1 aromatic carbocycles. The van der Waals surface area contributed by atoms with Crippen molar-refractivity contribution in [3.05, 3.63) is 28.2 Å². The first-order valence-corrected chi connectivity index (χ1v) is 6.92. The molecule has 1 atom stereocenters. The number of benzene rings is 1. The summed E-state index contributed by atoms with van der Waals surface area (Å²) in [5.74, 6) is 0. The lowest BCUT2D eigenvalue weighted by molar-refractivity contribution is 0.167. The van der Waals surface area contributed by atoms with E-state index in [2.05, 4.69) is 30.9 Å². The van der Waals surface area contributed by atoms with Crippen LogP contribution in [0.5, 0.6) is 0 Å². The van der Waals surface area contributed by atoms with Crippen molar-refractivity contribution in [2.45, 2.75) is 19.1 Å². The molecule has 0 spiro atoms. The van der Waals surface area contributed by atoms with E-state index < -0.39 is 6.09 Å². The van der Waals surface area contributed by atoms with Crippen LogP contribution >= 0.6 is 15.9 Å². The molecule has 2 N–H and O–H groups in total. The highest BCUT2D eigenvalue weighted by atomic mass is 79.9. The molecule has 1 aromatic rings. The van der Waals surface area contributed by atoms with E-state index in [-0.39, 0.29) is 12.6 Å². The van der Waals surface area contributed by atoms with Gasteiger partial charge in [-0.1, -0.05) is 22.0 Å². The number of aliphatic hydroxyl groups is 1. The predicted octanol–water partition coefficient (Wildman–Crippen LogP) is 1.88. The van der Waals surface area contributed by atoms with E-state index in [1.54, 1.807) is 0 Å². The predicted molar refractivity (Wildman–Crippen MR) is 76.2 cm³/mol. The topological polar surface area (TPSA) is 61.8 Å². The number of nitrogens with one attached hydrogen (secondary N) is 1. The molecule has 1 saturated heterocycles. The van der Waals surface area contributed by atoms with Crippen LogP contribution in [0.3, 0.4) is 0 Å². The number of carbonyl (C=O) groups excluding carboxylic acids is 1. The Morgan fingerprint density at radius 1 is 1.63 bits per heavy atom. The fraction of sp³-hybridized carbons (Fsp3) is 0.462. The molecule has 1 amide bonds. The van der Waals surface area contributed by atoms with Crippen molar-refractivity contribution in [1.82, 2.24) is 5.32 Å². The average molecular weight is 329 g/mol. The summed E-state index contributed by atoms with van der Waals surface area (Å²) in [7, 11) is 1.36. The molecule has 2 rings (SSSR count). The van der Waals surface area contributed by atoms with E-state index in [0.29, 0.717) is 0 Å². The molecule has 19 heavy (non-hydrogen) atoms. The highest BCUT2D eigenvalue weighted by molar-refractivity contribution is 9.10. The normalized spacial score (nSPS) is 18.5. The van der Waals surface area contributed by atoms with Gasteiger partial charge in [-0.3, -0.25) is 0 Å². The van der Waals surface area contributed by atoms with Crippen LogP contribution in [0.15, 0.2) is 22.7 Å². The maximum absolute atomic E-state index is 11.2. The fourth-order valence-corrected chi connectivity index (χ4v) is 2.64. The molecule has 0 aromatic heterocycles. The number of alkyl carbamates (subject to hydrolysis) is 1. The van der Waals surface area contributed by atoms with E-state index in [1.165, 1.54) is 7.11 Å². The van der Waals surface area contributed by atoms with Crippen molar-refractivity contribution in [2.24, 2.45) is 0 Å². The monoisotopic (exact) mass is 328 g/mol. The van der Waals surface area contributed by atoms with Crippen LogP contribution in [0.2, 0.25) is 0 Å². The first kappa shape index (κ1) is 14.1. The van der Waals surface area contributed by atoms with Crippen LogP contribution in [0, 0.1) is 0 Å². The van der Waals surface area contributed by atoms with Crippen molar-refractivity contribution in [2.75, 3.05) is 25.1 Å². The number of halogens is 1. The largest absolute Gasteiger partial charge is 0.453 e. The maximum atomic E-state index is 11.2. The van der Waals surface area contributed by atoms with Gasteiger partial charge in [-0.15, -0.1) is 0 Å². The van der Waals surface area contributed by atoms with Gasteiger partial charge in [0, 0.05) is 28.8 Å². The maximum Gasteiger partial charge on any atom is 0.407 e. The SMILES string of the molecule is COC(=O)NC1CCN(c2cc(Br)ccc2CO)C1. The molecule has 1 unspecified atom stereocenters. The number of rotatable bonds is 3. The number of methoxy groups -OCH3 is 1. The number of anilines is 1. The molecule has 0 aliphatic carbocycles. The molecule has 1 aliphatic heterocycles. The first-order chi connectivity index (χ1) is 9.13. The summed E-state index contributed by atoms with van der Waals surface area (Å²) in [4.78, 5) is 13.4. The second-order valence-corrected chi connectivity index (χ2v) is 5.41. The van der Waals surface area contributed by atoms with Gasteiger partial charge in [-0.05, 0) is 18.6 Å². The van der Waals surface area contributed by atoms with E-state index in [1.807, 2.05) is 18.2 Å². The van der Waals surface area contributed by atoms with E-state index in [9.17, 15) is 9.90 Å². The second-order valence-electron chi connectivity index (χ2n) is 4.50. The number of aliphatic hydroxyl groups excluding tert-OH is 1. The van der Waals surface area contributed by atoms with Gasteiger partial charge < -0.3 is 20.1 Å². The quantitative estimate of drug-likeness (QED) is 0.889. The standard InChI is InChI=1S/C13H17BrN2O3/c1-19-13(18)15-11-4-5-16(7-11)12-6-10(14)3-2-9(12)8-17/h2-3,6,11,17H,4-5,7-8H2,1H3,(H,15,18). The number of nitrogens with zero attached hydrogens (tertiary/aromatic N) is 1. The number of carbonyl (C=O) groups is 1. The minimum atomic E-state index is -0.400. The lowest BCUT2D eigenvalue weighted by Gasteiger charge is -2.22. The van der Waals surface area contributed by atoms with Crippen LogP contribution in [-0.4, -0.2) is 37.4 Å². The number of hydrogen-bond donors (Lipinski definition) is 2. The molecular formula is C13H17BrN2O3. The summed E-state index contributed by atoms with van der Waals surface area (Å²) in [5, 5.41) is 12.2. The molecule has 6 heteroatoms. The summed E-state index contributed by atoms with van der Waals surface area (Å²) < 4.78 is 5.58. The van der Waals surface area contributed by atoms with Crippen molar-refractivity contribution < 1.29 is 14.6 Å². The zero-order valence-corrected chi connectivity index (χ0v) is 12.3. The Balaban J connectivity index is 2.08. The summed E-state index contributed by atoms with van der Waals surface area (Å²) >= 11 is 3.44. The summed E-state index contributed by atoms with van der Waals surface area (Å²) in [6.45, 7) is 1.57. The highest BCUT2D eigenvalue weighted by Gasteiger charge is 2.25. The minimum absolute atomic E-state index is 0.00815. The van der Waals surface area contributed by atoms with Gasteiger partial charge in [-0.2, -0.15) is 0 Å². The molecule has 0 saturated carbocycles. The van der Waals surface area contributed by atoms with Gasteiger partial charge in [0.05, 0.1) is 19.8 Å². The Labute approximate surface area is 120 Å². The minimum Gasteiger partial charge on any atom is -0.453 e.